The van der Waals surface area contributed by atoms with Gasteiger partial charge in [0.2, 0.25) is 5.91 Å². The number of thioether (sulfide) groups is 1. The Kier molecular flexibility index (Phi) is 5.71. The zero-order chi connectivity index (χ0) is 16.1. The maximum Gasteiger partial charge on any atom is 0.289 e. The zero-order valence-corrected chi connectivity index (χ0v) is 13.9. The summed E-state index contributed by atoms with van der Waals surface area (Å²) in [5.74, 6) is 1.31. The van der Waals surface area contributed by atoms with Gasteiger partial charge in [0.1, 0.15) is 11.5 Å². The van der Waals surface area contributed by atoms with Crippen molar-refractivity contribution < 1.29 is 19.1 Å². The van der Waals surface area contributed by atoms with Crippen LogP contribution in [0.4, 0.5) is 4.79 Å². The summed E-state index contributed by atoms with van der Waals surface area (Å²) in [6, 6.07) is 5.48. The van der Waals surface area contributed by atoms with E-state index in [0.717, 1.165) is 30.2 Å². The molecule has 1 saturated heterocycles. The van der Waals surface area contributed by atoms with Gasteiger partial charge in [0.15, 0.2) is 0 Å². The Labute approximate surface area is 135 Å². The molecule has 5 nitrogen and oxygen atoms in total. The number of carbonyl (C=O) groups excluding carboxylic acids is 2. The normalized spacial score (nSPS) is 18.0. The molecule has 2 amide bonds. The summed E-state index contributed by atoms with van der Waals surface area (Å²) in [6.07, 6.45) is 2.25. The van der Waals surface area contributed by atoms with Gasteiger partial charge in [-0.1, -0.05) is 25.1 Å². The molecule has 0 aromatic heterocycles. The van der Waals surface area contributed by atoms with Gasteiger partial charge in [0.05, 0.1) is 19.5 Å². The predicted molar refractivity (Wildman–Crippen MR) is 86.6 cm³/mol. The van der Waals surface area contributed by atoms with Crippen LogP contribution in [0, 0.1) is 0 Å². The van der Waals surface area contributed by atoms with Crippen LogP contribution in [0.5, 0.6) is 11.5 Å². The van der Waals surface area contributed by atoms with Crippen molar-refractivity contribution in [3.63, 3.8) is 0 Å². The zero-order valence-electron chi connectivity index (χ0n) is 13.1. The van der Waals surface area contributed by atoms with Gasteiger partial charge in [0, 0.05) is 6.54 Å². The summed E-state index contributed by atoms with van der Waals surface area (Å²) >= 11 is 1.10. The summed E-state index contributed by atoms with van der Waals surface area (Å²) in [5, 5.41) is -0.532. The van der Waals surface area contributed by atoms with Gasteiger partial charge >= 0.3 is 0 Å². The highest BCUT2D eigenvalue weighted by Gasteiger charge is 2.39. The molecule has 1 aliphatic rings. The number of benzene rings is 1. The van der Waals surface area contributed by atoms with Crippen molar-refractivity contribution in [3.05, 3.63) is 23.8 Å². The van der Waals surface area contributed by atoms with Crippen LogP contribution < -0.4 is 9.47 Å². The Hall–Kier alpha value is -1.69. The monoisotopic (exact) mass is 323 g/mol. The number of methoxy groups -OCH3 is 2. The van der Waals surface area contributed by atoms with Crippen molar-refractivity contribution in [2.45, 2.75) is 31.4 Å². The third kappa shape index (κ3) is 3.55. The quantitative estimate of drug-likeness (QED) is 0.772. The molecule has 1 heterocycles. The van der Waals surface area contributed by atoms with Crippen LogP contribution in [0.25, 0.3) is 0 Å². The topological polar surface area (TPSA) is 55.8 Å². The van der Waals surface area contributed by atoms with Crippen LogP contribution in [-0.4, -0.2) is 42.1 Å². The largest absolute Gasteiger partial charge is 0.497 e. The number of rotatable bonds is 7. The molecule has 1 atom stereocenters. The lowest BCUT2D eigenvalue weighted by Gasteiger charge is -2.14. The molecule has 1 aliphatic heterocycles. The first kappa shape index (κ1) is 16.7. The summed E-state index contributed by atoms with van der Waals surface area (Å²) in [7, 11) is 3.19. The van der Waals surface area contributed by atoms with E-state index in [9.17, 15) is 9.59 Å². The number of imide groups is 1. The smallest absolute Gasteiger partial charge is 0.289 e. The van der Waals surface area contributed by atoms with Gasteiger partial charge in [-0.3, -0.25) is 14.5 Å². The molecule has 1 fully saturated rings. The molecule has 0 saturated carbocycles. The molecule has 22 heavy (non-hydrogen) atoms. The maximum absolute atomic E-state index is 12.4. The molecule has 120 valence electrons. The van der Waals surface area contributed by atoms with Gasteiger partial charge in [-0.2, -0.15) is 0 Å². The Bertz CT molecular complexity index is 561. The van der Waals surface area contributed by atoms with Crippen LogP contribution in [0.3, 0.4) is 0 Å². The van der Waals surface area contributed by atoms with Crippen LogP contribution in [0.15, 0.2) is 18.2 Å². The third-order valence-corrected chi connectivity index (χ3v) is 4.71. The minimum Gasteiger partial charge on any atom is -0.497 e. The van der Waals surface area contributed by atoms with E-state index in [1.54, 1.807) is 14.2 Å². The lowest BCUT2D eigenvalue weighted by atomic mass is 10.1. The van der Waals surface area contributed by atoms with Crippen LogP contribution in [0.1, 0.15) is 25.3 Å². The number of nitrogens with zero attached hydrogens (tertiary/aromatic N) is 1. The van der Waals surface area contributed by atoms with E-state index in [1.807, 2.05) is 25.1 Å². The highest BCUT2D eigenvalue weighted by atomic mass is 32.2. The number of amides is 2. The standard InChI is InChI=1S/C16H21NO4S/c1-4-5-8-17-15(18)14(22-16(17)19)10-11-9-12(20-2)6-7-13(11)21-3/h6-7,9,14H,4-5,8,10H2,1-3H3/t14-/m0/s1. The Balaban J connectivity index is 2.14. The van der Waals surface area contributed by atoms with Gasteiger partial charge in [-0.25, -0.2) is 0 Å². The summed E-state index contributed by atoms with van der Waals surface area (Å²) in [4.78, 5) is 25.7. The van der Waals surface area contributed by atoms with Gasteiger partial charge in [0.25, 0.3) is 5.24 Å². The average Bonchev–Trinajstić information content (AvgIpc) is 2.79. The number of ether oxygens (including phenoxy) is 2. The predicted octanol–water partition coefficient (Wildman–Crippen LogP) is 3.11. The maximum atomic E-state index is 12.4. The van der Waals surface area contributed by atoms with E-state index >= 15 is 0 Å². The lowest BCUT2D eigenvalue weighted by Crippen LogP contribution is -2.33. The van der Waals surface area contributed by atoms with E-state index in [1.165, 1.54) is 4.90 Å². The van der Waals surface area contributed by atoms with Gasteiger partial charge in [-0.15, -0.1) is 0 Å². The second-order valence-corrected chi connectivity index (χ2v) is 6.25. The van der Waals surface area contributed by atoms with Crippen molar-refractivity contribution in [1.82, 2.24) is 4.90 Å². The van der Waals surface area contributed by atoms with E-state index in [2.05, 4.69) is 0 Å². The number of hydrogen-bond acceptors (Lipinski definition) is 5. The molecule has 2 rings (SSSR count). The molecule has 0 aliphatic carbocycles. The molecule has 0 spiro atoms. The van der Waals surface area contributed by atoms with Crippen LogP contribution in [0.2, 0.25) is 0 Å². The summed E-state index contributed by atoms with van der Waals surface area (Å²) < 4.78 is 10.6. The fourth-order valence-electron chi connectivity index (χ4n) is 2.39. The van der Waals surface area contributed by atoms with Crippen molar-refractivity contribution >= 4 is 22.9 Å². The average molecular weight is 323 g/mol. The highest BCUT2D eigenvalue weighted by molar-refractivity contribution is 8.15. The van der Waals surface area contributed by atoms with Crippen molar-refractivity contribution in [2.75, 3.05) is 20.8 Å². The highest BCUT2D eigenvalue weighted by Crippen LogP contribution is 2.33. The number of hydrogen-bond donors (Lipinski definition) is 0. The van der Waals surface area contributed by atoms with E-state index in [4.69, 9.17) is 9.47 Å². The minimum atomic E-state index is -0.384. The third-order valence-electron chi connectivity index (χ3n) is 3.63. The number of unbranched alkanes of at least 4 members (excludes halogenated alkanes) is 1. The fourth-order valence-corrected chi connectivity index (χ4v) is 3.43. The molecular weight excluding hydrogens is 302 g/mol. The molecule has 1 aromatic carbocycles. The molecular formula is C16H21NO4S. The minimum absolute atomic E-state index is 0.103. The molecule has 1 aromatic rings. The molecule has 6 heteroatoms. The Morgan fingerprint density at radius 3 is 2.64 bits per heavy atom. The second-order valence-electron chi connectivity index (χ2n) is 5.10. The summed E-state index contributed by atoms with van der Waals surface area (Å²) in [6.45, 7) is 2.55. The Morgan fingerprint density at radius 1 is 1.23 bits per heavy atom. The lowest BCUT2D eigenvalue weighted by molar-refractivity contribution is -0.126. The first-order valence-electron chi connectivity index (χ1n) is 7.33. The van der Waals surface area contributed by atoms with E-state index in [-0.39, 0.29) is 16.4 Å². The number of carbonyl (C=O) groups is 2. The fraction of sp³-hybridized carbons (Fsp3) is 0.500. The van der Waals surface area contributed by atoms with Gasteiger partial charge < -0.3 is 9.47 Å². The van der Waals surface area contributed by atoms with Gasteiger partial charge in [-0.05, 0) is 36.6 Å². The van der Waals surface area contributed by atoms with Crippen molar-refractivity contribution in [3.8, 4) is 11.5 Å². The summed E-state index contributed by atoms with van der Waals surface area (Å²) in [5.41, 5.74) is 0.873. The molecule has 0 N–H and O–H groups in total. The molecule has 0 unspecified atom stereocenters. The van der Waals surface area contributed by atoms with Crippen molar-refractivity contribution in [2.24, 2.45) is 0 Å². The first-order chi connectivity index (χ1) is 10.6. The molecule has 0 radical (unpaired) electrons. The van der Waals surface area contributed by atoms with Crippen LogP contribution >= 0.6 is 11.8 Å². The second kappa shape index (κ2) is 7.54. The van der Waals surface area contributed by atoms with E-state index < -0.39 is 0 Å². The SMILES string of the molecule is CCCCN1C(=O)S[C@@H](Cc2cc(OC)ccc2OC)C1=O. The molecule has 0 bridgehead atoms. The first-order valence-corrected chi connectivity index (χ1v) is 8.21. The van der Waals surface area contributed by atoms with Crippen LogP contribution in [-0.2, 0) is 11.2 Å². The Morgan fingerprint density at radius 2 is 2.00 bits per heavy atom. The van der Waals surface area contributed by atoms with Crippen molar-refractivity contribution in [1.29, 1.82) is 0 Å². The van der Waals surface area contributed by atoms with E-state index in [0.29, 0.717) is 24.5 Å².